The van der Waals surface area contributed by atoms with E-state index in [0.29, 0.717) is 13.2 Å². The molecule has 0 saturated carbocycles. The molecule has 3 aromatic carbocycles. The van der Waals surface area contributed by atoms with E-state index in [1.165, 1.54) is 11.1 Å². The van der Waals surface area contributed by atoms with E-state index in [9.17, 15) is 0 Å². The Morgan fingerprint density at radius 2 is 1.45 bits per heavy atom. The summed E-state index contributed by atoms with van der Waals surface area (Å²) in [6.45, 7) is 8.32. The average molecular weight is 415 g/mol. The van der Waals surface area contributed by atoms with E-state index in [4.69, 9.17) is 14.5 Å². The number of rotatable bonds is 9. The van der Waals surface area contributed by atoms with E-state index in [-0.39, 0.29) is 0 Å². The highest BCUT2D eigenvalue weighted by Crippen LogP contribution is 2.23. The van der Waals surface area contributed by atoms with Crippen molar-refractivity contribution in [2.24, 2.45) is 0 Å². The van der Waals surface area contributed by atoms with Gasteiger partial charge in [0.05, 0.1) is 17.6 Å². The molecule has 4 rings (SSSR count). The minimum Gasteiger partial charge on any atom is -0.493 e. The number of aromatic nitrogens is 2. The molecule has 0 unspecified atom stereocenters. The summed E-state index contributed by atoms with van der Waals surface area (Å²) in [6.07, 6.45) is 2.00. The summed E-state index contributed by atoms with van der Waals surface area (Å²) in [5, 5.41) is 0. The maximum absolute atomic E-state index is 6.10. The molecule has 4 aromatic rings. The number of ether oxygens (including phenoxy) is 2. The van der Waals surface area contributed by atoms with Crippen molar-refractivity contribution in [2.75, 3.05) is 6.61 Å². The van der Waals surface area contributed by atoms with Crippen LogP contribution < -0.4 is 9.47 Å². The highest BCUT2D eigenvalue weighted by atomic mass is 16.5. The number of imidazole rings is 1. The molecular weight excluding hydrogens is 384 g/mol. The number of unbranched alkanes of at least 4 members (excludes halogenated alkanes) is 1. The monoisotopic (exact) mass is 414 g/mol. The van der Waals surface area contributed by atoms with Crippen molar-refractivity contribution in [3.63, 3.8) is 0 Å². The number of nitrogens with zero attached hydrogens (tertiary/aromatic N) is 2. The van der Waals surface area contributed by atoms with E-state index < -0.39 is 0 Å². The summed E-state index contributed by atoms with van der Waals surface area (Å²) >= 11 is 0. The van der Waals surface area contributed by atoms with Gasteiger partial charge in [0.1, 0.15) is 23.9 Å². The van der Waals surface area contributed by atoms with E-state index >= 15 is 0 Å². The lowest BCUT2D eigenvalue weighted by Gasteiger charge is -2.13. The van der Waals surface area contributed by atoms with Gasteiger partial charge < -0.3 is 14.0 Å². The number of benzene rings is 3. The molecule has 1 heterocycles. The predicted molar refractivity (Wildman–Crippen MR) is 126 cm³/mol. The molecule has 4 heteroatoms. The van der Waals surface area contributed by atoms with Crippen LogP contribution in [0.1, 0.15) is 35.4 Å². The SMILES string of the molecule is Cc1ccccc1OCc1nc2ccccc2n1CCCCOc1c(C)cccc1C. The lowest BCUT2D eigenvalue weighted by atomic mass is 10.1. The fraction of sp³-hybridized carbons (Fsp3) is 0.296. The zero-order valence-corrected chi connectivity index (χ0v) is 18.6. The standard InChI is InChI=1S/C27H30N2O2/c1-20-11-4-7-16-25(20)31-19-26-28-23-14-5-6-15-24(23)29(26)17-8-9-18-30-27-21(2)12-10-13-22(27)3/h4-7,10-16H,8-9,17-19H2,1-3H3. The number of para-hydroxylation sites is 4. The second-order valence-electron chi connectivity index (χ2n) is 8.00. The van der Waals surface area contributed by atoms with Crippen LogP contribution in [0.5, 0.6) is 11.5 Å². The molecule has 4 nitrogen and oxygen atoms in total. The second kappa shape index (κ2) is 9.69. The Hall–Kier alpha value is -3.27. The lowest BCUT2D eigenvalue weighted by molar-refractivity contribution is 0.283. The van der Waals surface area contributed by atoms with Gasteiger partial charge in [0, 0.05) is 6.54 Å². The van der Waals surface area contributed by atoms with Crippen LogP contribution in [0.3, 0.4) is 0 Å². The first-order valence-corrected chi connectivity index (χ1v) is 10.9. The summed E-state index contributed by atoms with van der Waals surface area (Å²) in [5.74, 6) is 2.88. The van der Waals surface area contributed by atoms with Crippen LogP contribution >= 0.6 is 0 Å². The highest BCUT2D eigenvalue weighted by molar-refractivity contribution is 5.75. The van der Waals surface area contributed by atoms with Gasteiger partial charge in [-0.1, -0.05) is 48.5 Å². The quantitative estimate of drug-likeness (QED) is 0.297. The van der Waals surface area contributed by atoms with Crippen molar-refractivity contribution < 1.29 is 9.47 Å². The largest absolute Gasteiger partial charge is 0.493 e. The highest BCUT2D eigenvalue weighted by Gasteiger charge is 2.12. The van der Waals surface area contributed by atoms with Gasteiger partial charge in [-0.05, 0) is 68.5 Å². The molecule has 0 aliphatic rings. The van der Waals surface area contributed by atoms with E-state index in [0.717, 1.165) is 53.3 Å². The van der Waals surface area contributed by atoms with Crippen LogP contribution in [0.25, 0.3) is 11.0 Å². The fourth-order valence-electron chi connectivity index (χ4n) is 3.92. The molecule has 0 bridgehead atoms. The van der Waals surface area contributed by atoms with Crippen molar-refractivity contribution in [3.05, 3.63) is 89.2 Å². The molecule has 0 aliphatic heterocycles. The Balaban J connectivity index is 1.40. The maximum Gasteiger partial charge on any atom is 0.147 e. The van der Waals surface area contributed by atoms with Gasteiger partial charge >= 0.3 is 0 Å². The first-order chi connectivity index (χ1) is 15.1. The molecule has 160 valence electrons. The Morgan fingerprint density at radius 1 is 0.742 bits per heavy atom. The van der Waals surface area contributed by atoms with Crippen molar-refractivity contribution in [2.45, 2.75) is 46.8 Å². The molecule has 31 heavy (non-hydrogen) atoms. The maximum atomic E-state index is 6.10. The molecule has 0 N–H and O–H groups in total. The normalized spacial score (nSPS) is 11.1. The summed E-state index contributed by atoms with van der Waals surface area (Å²) in [6, 6.07) is 22.7. The molecule has 0 saturated heterocycles. The minimum atomic E-state index is 0.457. The van der Waals surface area contributed by atoms with Crippen molar-refractivity contribution in [1.29, 1.82) is 0 Å². The topological polar surface area (TPSA) is 36.3 Å². The molecule has 0 spiro atoms. The van der Waals surface area contributed by atoms with Crippen molar-refractivity contribution >= 4 is 11.0 Å². The Bertz CT molecular complexity index is 1140. The third kappa shape index (κ3) is 4.91. The number of aryl methyl sites for hydroxylation is 4. The third-order valence-electron chi connectivity index (χ3n) is 5.62. The molecule has 1 aromatic heterocycles. The lowest BCUT2D eigenvalue weighted by Crippen LogP contribution is -2.09. The van der Waals surface area contributed by atoms with Crippen molar-refractivity contribution in [3.8, 4) is 11.5 Å². The molecule has 0 atom stereocenters. The zero-order valence-electron chi connectivity index (χ0n) is 18.6. The van der Waals surface area contributed by atoms with Crippen LogP contribution in [-0.4, -0.2) is 16.2 Å². The smallest absolute Gasteiger partial charge is 0.147 e. The van der Waals surface area contributed by atoms with Crippen LogP contribution in [0, 0.1) is 20.8 Å². The predicted octanol–water partition coefficient (Wildman–Crippen LogP) is 6.40. The first kappa shape index (κ1) is 21.0. The third-order valence-corrected chi connectivity index (χ3v) is 5.62. The van der Waals surface area contributed by atoms with Crippen molar-refractivity contribution in [1.82, 2.24) is 9.55 Å². The van der Waals surface area contributed by atoms with E-state index in [1.54, 1.807) is 0 Å². The molecule has 0 aliphatic carbocycles. The first-order valence-electron chi connectivity index (χ1n) is 10.9. The van der Waals surface area contributed by atoms with Gasteiger partial charge in [-0.25, -0.2) is 4.98 Å². The minimum absolute atomic E-state index is 0.457. The Kier molecular flexibility index (Phi) is 6.56. The molecular formula is C27H30N2O2. The number of fused-ring (bicyclic) bond motifs is 1. The Morgan fingerprint density at radius 3 is 2.26 bits per heavy atom. The molecule has 0 amide bonds. The van der Waals surface area contributed by atoms with Gasteiger partial charge in [0.15, 0.2) is 0 Å². The van der Waals surface area contributed by atoms with E-state index in [2.05, 4.69) is 67.8 Å². The summed E-state index contributed by atoms with van der Waals surface area (Å²) in [5.41, 5.74) is 5.68. The molecule has 0 fully saturated rings. The van der Waals surface area contributed by atoms with Crippen LogP contribution in [0.4, 0.5) is 0 Å². The second-order valence-corrected chi connectivity index (χ2v) is 8.00. The van der Waals surface area contributed by atoms with Gasteiger partial charge in [0.25, 0.3) is 0 Å². The van der Waals surface area contributed by atoms with Gasteiger partial charge in [-0.3, -0.25) is 0 Å². The summed E-state index contributed by atoms with van der Waals surface area (Å²) in [4.78, 5) is 4.83. The number of hydrogen-bond acceptors (Lipinski definition) is 3. The summed E-state index contributed by atoms with van der Waals surface area (Å²) in [7, 11) is 0. The number of hydrogen-bond donors (Lipinski definition) is 0. The molecule has 0 radical (unpaired) electrons. The Labute approximate surface area is 184 Å². The zero-order chi connectivity index (χ0) is 21.6. The van der Waals surface area contributed by atoms with Gasteiger partial charge in [0.2, 0.25) is 0 Å². The van der Waals surface area contributed by atoms with E-state index in [1.807, 2.05) is 24.3 Å². The van der Waals surface area contributed by atoms with Gasteiger partial charge in [-0.15, -0.1) is 0 Å². The average Bonchev–Trinajstić information content (AvgIpc) is 3.12. The fourth-order valence-corrected chi connectivity index (χ4v) is 3.92. The van der Waals surface area contributed by atoms with Crippen LogP contribution in [-0.2, 0) is 13.2 Å². The summed E-state index contributed by atoms with van der Waals surface area (Å²) < 4.78 is 14.5. The van der Waals surface area contributed by atoms with Crippen LogP contribution in [0.15, 0.2) is 66.7 Å². The van der Waals surface area contributed by atoms with Crippen LogP contribution in [0.2, 0.25) is 0 Å². The van der Waals surface area contributed by atoms with Gasteiger partial charge in [-0.2, -0.15) is 0 Å².